The Morgan fingerprint density at radius 2 is 1.78 bits per heavy atom. The van der Waals surface area contributed by atoms with E-state index in [-0.39, 0.29) is 4.87 Å². The molecule has 1 aromatic heterocycles. The third kappa shape index (κ3) is 3.51. The maximum atomic E-state index is 13.2. The number of carboxylic acid groups (broad SMARTS) is 1. The number of fused-ring (bicyclic) bond motifs is 2. The molecule has 0 saturated carbocycles. The summed E-state index contributed by atoms with van der Waals surface area (Å²) in [5, 5.41) is 8.90. The van der Waals surface area contributed by atoms with Gasteiger partial charge in [-0.05, 0) is 29.8 Å². The first-order valence-electron chi connectivity index (χ1n) is 9.72. The van der Waals surface area contributed by atoms with Crippen molar-refractivity contribution >= 4 is 40.9 Å². The second kappa shape index (κ2) is 7.95. The second-order valence-corrected chi connectivity index (χ2v) is 9.56. The van der Waals surface area contributed by atoms with Gasteiger partial charge in [-0.2, -0.15) is 0 Å². The Morgan fingerprint density at radius 3 is 2.53 bits per heavy atom. The van der Waals surface area contributed by atoms with Gasteiger partial charge in [-0.25, -0.2) is 0 Å². The highest BCUT2D eigenvalue weighted by Crippen LogP contribution is 2.52. The number of aliphatic carboxylic acids is 1. The number of aromatic amines is 1. The highest BCUT2D eigenvalue weighted by atomic mass is 32.2. The fourth-order valence-corrected chi connectivity index (χ4v) is 6.66. The summed E-state index contributed by atoms with van der Waals surface area (Å²) < 4.78 is 5.92. The molecule has 10 heteroatoms. The molecule has 3 atom stereocenters. The zero-order chi connectivity index (χ0) is 22.4. The Balaban J connectivity index is 1.57. The van der Waals surface area contributed by atoms with E-state index >= 15 is 0 Å². The van der Waals surface area contributed by atoms with E-state index in [1.54, 1.807) is 18.2 Å². The number of rotatable bonds is 5. The van der Waals surface area contributed by atoms with Crippen LogP contribution in [0.25, 0.3) is 0 Å². The van der Waals surface area contributed by atoms with Gasteiger partial charge in [0.15, 0.2) is 0 Å². The predicted molar refractivity (Wildman–Crippen MR) is 117 cm³/mol. The van der Waals surface area contributed by atoms with Crippen LogP contribution in [-0.4, -0.2) is 44.6 Å². The average Bonchev–Trinajstić information content (AvgIpc) is 3.25. The molecule has 2 aromatic carbocycles. The number of hydrogen-bond acceptors (Lipinski definition) is 7. The van der Waals surface area contributed by atoms with Gasteiger partial charge >= 0.3 is 10.8 Å². The molecule has 1 fully saturated rings. The molecule has 2 unspecified atom stereocenters. The number of benzene rings is 2. The lowest BCUT2D eigenvalue weighted by Gasteiger charge is -2.30. The molecular formula is C22H16N2O6S2. The smallest absolute Gasteiger partial charge is 0.323 e. The Labute approximate surface area is 189 Å². The fourth-order valence-electron chi connectivity index (χ4n) is 4.12. The van der Waals surface area contributed by atoms with E-state index < -0.39 is 41.4 Å². The number of aromatic nitrogens is 1. The van der Waals surface area contributed by atoms with E-state index in [0.717, 1.165) is 28.0 Å². The predicted octanol–water partition coefficient (Wildman–Crippen LogP) is 2.90. The number of thioether (sulfide) groups is 1. The van der Waals surface area contributed by atoms with Crippen molar-refractivity contribution in [3.05, 3.63) is 74.7 Å². The van der Waals surface area contributed by atoms with E-state index in [1.165, 1.54) is 0 Å². The number of carbonyl (C=O) groups excluding carboxylic acids is 2. The van der Waals surface area contributed by atoms with Gasteiger partial charge in [0.05, 0.1) is 10.9 Å². The van der Waals surface area contributed by atoms with Gasteiger partial charge in [-0.3, -0.25) is 24.1 Å². The minimum Gasteiger partial charge on any atom is -0.480 e. The van der Waals surface area contributed by atoms with Crippen LogP contribution in [-0.2, 0) is 14.4 Å². The van der Waals surface area contributed by atoms with Gasteiger partial charge in [0.25, 0.3) is 0 Å². The lowest BCUT2D eigenvalue weighted by molar-refractivity contribution is -0.149. The zero-order valence-electron chi connectivity index (χ0n) is 16.4. The third-order valence-electron chi connectivity index (χ3n) is 5.40. The molecule has 162 valence electrons. The van der Waals surface area contributed by atoms with Crippen molar-refractivity contribution in [2.24, 2.45) is 5.92 Å². The van der Waals surface area contributed by atoms with Crippen molar-refractivity contribution < 1.29 is 24.2 Å². The number of para-hydroxylation sites is 1. The summed E-state index contributed by atoms with van der Waals surface area (Å²) >= 11 is 2.11. The molecule has 3 heterocycles. The number of nitrogens with zero attached hydrogens (tertiary/aromatic N) is 1. The van der Waals surface area contributed by atoms with Gasteiger partial charge in [-0.15, -0.1) is 0 Å². The van der Waals surface area contributed by atoms with E-state index in [1.807, 2.05) is 36.4 Å². The molecule has 2 N–H and O–H groups in total. The van der Waals surface area contributed by atoms with Gasteiger partial charge < -0.3 is 14.8 Å². The summed E-state index contributed by atoms with van der Waals surface area (Å²) in [6.45, 7) is -0.681. The molecule has 0 aliphatic carbocycles. The molecule has 0 bridgehead atoms. The second-order valence-electron chi connectivity index (χ2n) is 7.39. The number of thiazole rings is 1. The number of imide groups is 1. The topological polar surface area (TPSA) is 117 Å². The number of carbonyl (C=O) groups is 3. The van der Waals surface area contributed by atoms with Crippen molar-refractivity contribution in [2.75, 3.05) is 6.54 Å². The monoisotopic (exact) mass is 468 g/mol. The van der Waals surface area contributed by atoms with E-state index in [2.05, 4.69) is 4.98 Å². The first-order valence-corrected chi connectivity index (χ1v) is 11.4. The van der Waals surface area contributed by atoms with E-state index in [0.29, 0.717) is 27.0 Å². The molecule has 2 aliphatic heterocycles. The number of carboxylic acids is 1. The number of hydrogen-bond donors (Lipinski definition) is 2. The van der Waals surface area contributed by atoms with Crippen LogP contribution in [0.4, 0.5) is 0 Å². The zero-order valence-corrected chi connectivity index (χ0v) is 18.0. The van der Waals surface area contributed by atoms with Crippen LogP contribution in [0.3, 0.4) is 0 Å². The van der Waals surface area contributed by atoms with Crippen LogP contribution in [0.2, 0.25) is 0 Å². The Morgan fingerprint density at radius 1 is 1.03 bits per heavy atom. The summed E-state index contributed by atoms with van der Waals surface area (Å²) in [5.41, 5.74) is 0.712. The first kappa shape index (κ1) is 20.5. The summed E-state index contributed by atoms with van der Waals surface area (Å²) in [5.74, 6) is -2.53. The molecule has 8 nitrogen and oxygen atoms in total. The maximum Gasteiger partial charge on any atom is 0.323 e. The molecule has 3 aromatic rings. The lowest BCUT2D eigenvalue weighted by Crippen LogP contribution is -2.36. The van der Waals surface area contributed by atoms with Crippen molar-refractivity contribution in [3.8, 4) is 11.5 Å². The van der Waals surface area contributed by atoms with Crippen LogP contribution >= 0.6 is 23.1 Å². The summed E-state index contributed by atoms with van der Waals surface area (Å²) in [6, 6.07) is 16.4. The normalized spacial score (nSPS) is 21.9. The van der Waals surface area contributed by atoms with Crippen LogP contribution in [0, 0.1) is 5.92 Å². The first-order chi connectivity index (χ1) is 15.4. The number of ether oxygens (including phenoxy) is 1. The van der Waals surface area contributed by atoms with Crippen LogP contribution in [0.15, 0.2) is 64.4 Å². The highest BCUT2D eigenvalue weighted by Gasteiger charge is 2.56. The molecule has 32 heavy (non-hydrogen) atoms. The summed E-state index contributed by atoms with van der Waals surface area (Å²) in [6.07, 6.45) is 0. The van der Waals surface area contributed by atoms with Crippen molar-refractivity contribution in [1.29, 1.82) is 0 Å². The fraction of sp³-hybridized carbons (Fsp3) is 0.182. The van der Waals surface area contributed by atoms with Gasteiger partial charge in [0.1, 0.15) is 23.3 Å². The van der Waals surface area contributed by atoms with Crippen molar-refractivity contribution in [2.45, 2.75) is 16.2 Å². The molecule has 0 radical (unpaired) electrons. The van der Waals surface area contributed by atoms with Crippen LogP contribution < -0.4 is 9.61 Å². The summed E-state index contributed by atoms with van der Waals surface area (Å²) in [7, 11) is 0. The number of H-pyrrole nitrogens is 1. The maximum absolute atomic E-state index is 13.2. The van der Waals surface area contributed by atoms with E-state index in [9.17, 15) is 19.2 Å². The molecule has 2 amide bonds. The SMILES string of the molecule is O=C(O)CN1C(=O)C2Sc3[nH]c(=O)sc3[C@H](c3cccc(Oc4ccccc4)c3)C2C1=O. The number of nitrogens with one attached hydrogen (secondary N) is 1. The summed E-state index contributed by atoms with van der Waals surface area (Å²) in [4.78, 5) is 53.3. The third-order valence-corrected chi connectivity index (χ3v) is 7.81. The molecule has 2 aliphatic rings. The van der Waals surface area contributed by atoms with Crippen molar-refractivity contribution in [3.63, 3.8) is 0 Å². The van der Waals surface area contributed by atoms with Gasteiger partial charge in [0.2, 0.25) is 11.8 Å². The average molecular weight is 469 g/mol. The highest BCUT2D eigenvalue weighted by molar-refractivity contribution is 8.00. The minimum atomic E-state index is -1.26. The Kier molecular flexibility index (Phi) is 5.10. The van der Waals surface area contributed by atoms with Gasteiger partial charge in [0, 0.05) is 10.8 Å². The number of amides is 2. The number of likely N-dealkylation sites (tertiary alicyclic amines) is 1. The van der Waals surface area contributed by atoms with Crippen molar-refractivity contribution in [1.82, 2.24) is 9.88 Å². The quantitative estimate of drug-likeness (QED) is 0.553. The lowest BCUT2D eigenvalue weighted by atomic mass is 9.83. The minimum absolute atomic E-state index is 0.272. The molecule has 1 saturated heterocycles. The van der Waals surface area contributed by atoms with Crippen LogP contribution in [0.5, 0.6) is 11.5 Å². The Hall–Kier alpha value is -3.37. The molecular weight excluding hydrogens is 452 g/mol. The molecule has 0 spiro atoms. The van der Waals surface area contributed by atoms with Crippen LogP contribution in [0.1, 0.15) is 16.4 Å². The largest absolute Gasteiger partial charge is 0.480 e. The van der Waals surface area contributed by atoms with Gasteiger partial charge in [-0.1, -0.05) is 53.4 Å². The molecule has 5 rings (SSSR count). The standard InChI is InChI=1S/C22H16N2O6S2/c25-14(26)10-24-20(27)16-15(17-19(23-22(29)32-17)31-18(16)21(24)28)11-5-4-8-13(9-11)30-12-6-2-1-3-7-12/h1-9,15-16,18H,10H2,(H,23,29)(H,25,26)/t15-,16?,18?/m1/s1. The van der Waals surface area contributed by atoms with E-state index in [4.69, 9.17) is 9.84 Å². The Bertz CT molecular complexity index is 1280.